The summed E-state index contributed by atoms with van der Waals surface area (Å²) in [6.07, 6.45) is 0. The summed E-state index contributed by atoms with van der Waals surface area (Å²) in [5.41, 5.74) is -0.713. The van der Waals surface area contributed by atoms with Gasteiger partial charge in [0.05, 0.1) is 29.2 Å². The van der Waals surface area contributed by atoms with Gasteiger partial charge in [-0.05, 0) is 25.3 Å². The third kappa shape index (κ3) is 3.37. The van der Waals surface area contributed by atoms with Crippen molar-refractivity contribution >= 4 is 27.0 Å². The highest BCUT2D eigenvalue weighted by molar-refractivity contribution is 7.94. The van der Waals surface area contributed by atoms with Crippen molar-refractivity contribution in [2.24, 2.45) is 0 Å². The van der Waals surface area contributed by atoms with E-state index >= 15 is 0 Å². The van der Waals surface area contributed by atoms with Crippen LogP contribution in [0.25, 0.3) is 0 Å². The number of halogens is 5. The molecule has 0 bridgehead atoms. The second-order valence-electron chi connectivity index (χ2n) is 5.79. The molecular formula is C16H12F5N3O2S2. The Balaban J connectivity index is 2.00. The molecule has 0 saturated carbocycles. The predicted octanol–water partition coefficient (Wildman–Crippen LogP) is 4.11. The molecule has 3 aromatic rings. The lowest BCUT2D eigenvalue weighted by Crippen LogP contribution is -2.14. The smallest absolute Gasteiger partial charge is 0.271 e. The molecule has 0 atom stereocenters. The van der Waals surface area contributed by atoms with Crippen LogP contribution in [-0.4, -0.2) is 18.2 Å². The lowest BCUT2D eigenvalue weighted by molar-refractivity contribution is 0.366. The van der Waals surface area contributed by atoms with E-state index in [1.807, 2.05) is 0 Å². The number of nitrogens with zero attached hydrogens (tertiary/aromatic N) is 2. The molecule has 28 heavy (non-hydrogen) atoms. The number of thiophene rings is 1. The highest BCUT2D eigenvalue weighted by Gasteiger charge is 2.27. The molecule has 0 unspecified atom stereocenters. The molecule has 5 nitrogen and oxygen atoms in total. The molecule has 0 fully saturated rings. The average Bonchev–Trinajstić information content (AvgIpc) is 3.27. The van der Waals surface area contributed by atoms with Crippen molar-refractivity contribution in [1.29, 1.82) is 0 Å². The molecule has 0 amide bonds. The van der Waals surface area contributed by atoms with Crippen LogP contribution < -0.4 is 4.72 Å². The Morgan fingerprint density at radius 2 is 1.61 bits per heavy atom. The van der Waals surface area contributed by atoms with Crippen LogP contribution >= 0.6 is 11.3 Å². The predicted molar refractivity (Wildman–Crippen MR) is 92.2 cm³/mol. The van der Waals surface area contributed by atoms with Crippen LogP contribution in [0.4, 0.5) is 27.6 Å². The minimum atomic E-state index is -3.91. The number of hydrogen-bond acceptors (Lipinski definition) is 4. The quantitative estimate of drug-likeness (QED) is 0.371. The van der Waals surface area contributed by atoms with Gasteiger partial charge in [-0.15, -0.1) is 11.3 Å². The Morgan fingerprint density at radius 1 is 1.04 bits per heavy atom. The summed E-state index contributed by atoms with van der Waals surface area (Å²) < 4.78 is 95.8. The third-order valence-electron chi connectivity index (χ3n) is 3.99. The molecular weight excluding hydrogens is 425 g/mol. The first-order chi connectivity index (χ1) is 13.0. The van der Waals surface area contributed by atoms with E-state index in [-0.39, 0.29) is 21.3 Å². The minimum Gasteiger partial charge on any atom is -0.275 e. The summed E-state index contributed by atoms with van der Waals surface area (Å²) in [7, 11) is -3.91. The van der Waals surface area contributed by atoms with Gasteiger partial charge in [0.15, 0.2) is 23.3 Å². The molecule has 2 aromatic heterocycles. The van der Waals surface area contributed by atoms with Crippen LogP contribution in [0.5, 0.6) is 0 Å². The molecule has 1 aromatic carbocycles. The van der Waals surface area contributed by atoms with Gasteiger partial charge in [0.25, 0.3) is 10.0 Å². The Hall–Kier alpha value is -2.47. The van der Waals surface area contributed by atoms with Gasteiger partial charge in [-0.1, -0.05) is 6.07 Å². The summed E-state index contributed by atoms with van der Waals surface area (Å²) in [4.78, 5) is 0. The SMILES string of the molecule is Cc1nn(Cc2c(F)c(F)c(F)c(F)c2F)c(C)c1NS(=O)(=O)c1cccs1. The molecule has 0 radical (unpaired) electrons. The summed E-state index contributed by atoms with van der Waals surface area (Å²) in [5, 5.41) is 5.53. The first kappa shape index (κ1) is 20.3. The highest BCUT2D eigenvalue weighted by Crippen LogP contribution is 2.28. The average molecular weight is 437 g/mol. The van der Waals surface area contributed by atoms with Gasteiger partial charge in [0.2, 0.25) is 5.82 Å². The molecule has 150 valence electrons. The molecule has 1 N–H and O–H groups in total. The lowest BCUT2D eigenvalue weighted by Gasteiger charge is -2.10. The molecule has 0 aliphatic carbocycles. The molecule has 0 aliphatic heterocycles. The Labute approximate surface area is 160 Å². The van der Waals surface area contributed by atoms with Crippen molar-refractivity contribution < 1.29 is 30.4 Å². The summed E-state index contributed by atoms with van der Waals surface area (Å²) in [6.45, 7) is 2.06. The molecule has 2 heterocycles. The van der Waals surface area contributed by atoms with Gasteiger partial charge in [-0.2, -0.15) is 5.10 Å². The van der Waals surface area contributed by atoms with Gasteiger partial charge < -0.3 is 0 Å². The van der Waals surface area contributed by atoms with E-state index < -0.39 is 51.2 Å². The Kier molecular flexibility index (Phi) is 5.19. The van der Waals surface area contributed by atoms with Crippen LogP contribution in [0.2, 0.25) is 0 Å². The summed E-state index contributed by atoms with van der Waals surface area (Å²) in [5.74, 6) is -10.3. The summed E-state index contributed by atoms with van der Waals surface area (Å²) >= 11 is 0.983. The van der Waals surface area contributed by atoms with Gasteiger partial charge in [-0.25, -0.2) is 30.4 Å². The number of benzene rings is 1. The van der Waals surface area contributed by atoms with Crippen molar-refractivity contribution in [1.82, 2.24) is 9.78 Å². The monoisotopic (exact) mass is 437 g/mol. The number of anilines is 1. The van der Waals surface area contributed by atoms with E-state index in [1.165, 1.54) is 19.9 Å². The highest BCUT2D eigenvalue weighted by atomic mass is 32.2. The fraction of sp³-hybridized carbons (Fsp3) is 0.188. The maximum Gasteiger partial charge on any atom is 0.271 e. The second kappa shape index (κ2) is 7.17. The van der Waals surface area contributed by atoms with E-state index in [9.17, 15) is 30.4 Å². The number of rotatable bonds is 5. The topological polar surface area (TPSA) is 64.0 Å². The second-order valence-corrected chi connectivity index (χ2v) is 8.65. The third-order valence-corrected chi connectivity index (χ3v) is 6.73. The maximum atomic E-state index is 13.9. The van der Waals surface area contributed by atoms with Crippen LogP contribution in [0, 0.1) is 42.9 Å². The lowest BCUT2D eigenvalue weighted by atomic mass is 10.1. The van der Waals surface area contributed by atoms with E-state index in [0.717, 1.165) is 16.0 Å². The van der Waals surface area contributed by atoms with E-state index in [0.29, 0.717) is 0 Å². The van der Waals surface area contributed by atoms with Gasteiger partial charge in [0.1, 0.15) is 4.21 Å². The largest absolute Gasteiger partial charge is 0.275 e. The molecule has 0 spiro atoms. The van der Waals surface area contributed by atoms with Crippen LogP contribution in [0.15, 0.2) is 21.7 Å². The van der Waals surface area contributed by atoms with E-state index in [1.54, 1.807) is 11.4 Å². The first-order valence-electron chi connectivity index (χ1n) is 7.65. The van der Waals surface area contributed by atoms with Crippen molar-refractivity contribution in [3.8, 4) is 0 Å². The molecule has 0 aliphatic rings. The number of sulfonamides is 1. The van der Waals surface area contributed by atoms with Gasteiger partial charge >= 0.3 is 0 Å². The standard InChI is InChI=1S/C16H12F5N3O2S2/c1-7-16(23-28(25,26)10-4-3-5-27-10)8(2)24(22-7)6-9-11(17)13(19)15(21)14(20)12(9)18/h3-5,23H,6H2,1-2H3. The molecule has 0 saturated heterocycles. The minimum absolute atomic E-state index is 0.0406. The van der Waals surface area contributed by atoms with Crippen LogP contribution in [-0.2, 0) is 16.6 Å². The number of aromatic nitrogens is 2. The molecule has 12 heteroatoms. The zero-order valence-corrected chi connectivity index (χ0v) is 16.0. The van der Waals surface area contributed by atoms with E-state index in [4.69, 9.17) is 0 Å². The number of aryl methyl sites for hydroxylation is 1. The fourth-order valence-corrected chi connectivity index (χ4v) is 4.71. The van der Waals surface area contributed by atoms with Crippen molar-refractivity contribution in [2.45, 2.75) is 24.6 Å². The van der Waals surface area contributed by atoms with Crippen molar-refractivity contribution in [3.63, 3.8) is 0 Å². The first-order valence-corrected chi connectivity index (χ1v) is 10.0. The Bertz CT molecular complexity index is 1130. The van der Waals surface area contributed by atoms with Gasteiger partial charge in [0, 0.05) is 0 Å². The number of hydrogen-bond donors (Lipinski definition) is 1. The van der Waals surface area contributed by atoms with Crippen LogP contribution in [0.3, 0.4) is 0 Å². The molecule has 3 rings (SSSR count). The number of nitrogens with one attached hydrogen (secondary N) is 1. The fourth-order valence-electron chi connectivity index (χ4n) is 2.54. The maximum absolute atomic E-state index is 13.9. The zero-order chi connectivity index (χ0) is 20.8. The zero-order valence-electron chi connectivity index (χ0n) is 14.4. The van der Waals surface area contributed by atoms with Gasteiger partial charge in [-0.3, -0.25) is 9.40 Å². The van der Waals surface area contributed by atoms with Crippen molar-refractivity contribution in [3.05, 3.63) is 63.6 Å². The van der Waals surface area contributed by atoms with Crippen molar-refractivity contribution in [2.75, 3.05) is 4.72 Å². The van der Waals surface area contributed by atoms with E-state index in [2.05, 4.69) is 9.82 Å². The normalized spacial score (nSPS) is 11.8. The van der Waals surface area contributed by atoms with Crippen LogP contribution in [0.1, 0.15) is 17.0 Å². The Morgan fingerprint density at radius 3 is 2.14 bits per heavy atom. The summed E-state index contributed by atoms with van der Waals surface area (Å²) in [6, 6.07) is 2.93.